The Hall–Kier alpha value is -3.91. The zero-order valence-corrected chi connectivity index (χ0v) is 30.3. The summed E-state index contributed by atoms with van der Waals surface area (Å²) in [5.41, 5.74) is 0.339. The van der Waals surface area contributed by atoms with E-state index in [1.807, 2.05) is 54.6 Å². The van der Waals surface area contributed by atoms with Crippen molar-refractivity contribution >= 4 is 18.1 Å². The van der Waals surface area contributed by atoms with Gasteiger partial charge in [0.2, 0.25) is 5.91 Å². The lowest BCUT2D eigenvalue weighted by atomic mass is 10.00. The molecule has 0 spiro atoms. The van der Waals surface area contributed by atoms with Gasteiger partial charge in [0.25, 0.3) is 0 Å². The molecule has 1 saturated heterocycles. The van der Waals surface area contributed by atoms with Crippen LogP contribution in [0, 0.1) is 0 Å². The molecule has 5 N–H and O–H groups in total. The van der Waals surface area contributed by atoms with E-state index >= 15 is 0 Å². The van der Waals surface area contributed by atoms with E-state index in [0.29, 0.717) is 51.3 Å². The predicted octanol–water partition coefficient (Wildman–Crippen LogP) is 3.20. The average molecular weight is 701 g/mol. The maximum Gasteiger partial charge on any atom is 0.407 e. The number of aliphatic hydroxyl groups is 2. The molecule has 2 aromatic rings. The fourth-order valence-electron chi connectivity index (χ4n) is 5.22. The molecule has 1 aliphatic rings. The van der Waals surface area contributed by atoms with E-state index in [1.54, 1.807) is 46.4 Å². The summed E-state index contributed by atoms with van der Waals surface area (Å²) in [5, 5.41) is 31.0. The van der Waals surface area contributed by atoms with Crippen LogP contribution in [0.25, 0.3) is 0 Å². The van der Waals surface area contributed by atoms with Crippen molar-refractivity contribution in [2.75, 3.05) is 46.0 Å². The van der Waals surface area contributed by atoms with Crippen molar-refractivity contribution in [3.63, 3.8) is 0 Å². The number of carbonyl (C=O) groups is 3. The van der Waals surface area contributed by atoms with Gasteiger partial charge in [-0.15, -0.1) is 0 Å². The van der Waals surface area contributed by atoms with Crippen LogP contribution in [-0.4, -0.2) is 115 Å². The number of amides is 3. The summed E-state index contributed by atoms with van der Waals surface area (Å²) in [6, 6.07) is 15.5. The number of nitrogens with zero attached hydrogens (tertiary/aromatic N) is 1. The summed E-state index contributed by atoms with van der Waals surface area (Å²) in [7, 11) is 0. The van der Waals surface area contributed by atoms with Gasteiger partial charge in [-0.05, 0) is 84.1 Å². The van der Waals surface area contributed by atoms with E-state index in [1.165, 1.54) is 0 Å². The maximum atomic E-state index is 12.7. The highest BCUT2D eigenvalue weighted by Gasteiger charge is 2.28. The van der Waals surface area contributed by atoms with Gasteiger partial charge in [-0.25, -0.2) is 9.59 Å². The SMILES string of the molecule is CC(C)(C)OC(=O)N[C@@H](Cc1ccccc1)[C@H](O)CNC[C@@H](O)[C@H](Cc1ccc(OCCCN2CCOCC2=O)cc1)NC(=O)OC(C)(C)C. The molecule has 4 atom stereocenters. The van der Waals surface area contributed by atoms with Gasteiger partial charge in [0, 0.05) is 26.2 Å². The number of benzene rings is 2. The first-order chi connectivity index (χ1) is 23.6. The standard InChI is InChI=1S/C37H56N4O9/c1-36(2,3)49-34(45)39-29(21-26-11-8-7-9-12-26)31(42)23-38-24-32(43)30(40-35(46)50-37(4,5)6)22-27-13-15-28(16-14-27)48-19-10-17-41-18-20-47-25-33(41)44/h7-9,11-16,29-32,38,42-43H,10,17-25H2,1-6H3,(H,39,45)(H,40,46)/t29-,30-,31+,32+/m0/s1. The van der Waals surface area contributed by atoms with Crippen LogP contribution in [0.3, 0.4) is 0 Å². The monoisotopic (exact) mass is 700 g/mol. The zero-order valence-electron chi connectivity index (χ0n) is 30.3. The molecule has 13 nitrogen and oxygen atoms in total. The molecule has 3 amide bonds. The van der Waals surface area contributed by atoms with Crippen LogP contribution in [-0.2, 0) is 31.8 Å². The van der Waals surface area contributed by atoms with E-state index in [0.717, 1.165) is 11.1 Å². The van der Waals surface area contributed by atoms with Crippen molar-refractivity contribution in [3.8, 4) is 5.75 Å². The highest BCUT2D eigenvalue weighted by atomic mass is 16.6. The molecule has 0 saturated carbocycles. The van der Waals surface area contributed by atoms with Gasteiger partial charge < -0.3 is 50.0 Å². The fourth-order valence-corrected chi connectivity index (χ4v) is 5.22. The molecule has 3 rings (SSSR count). The third-order valence-electron chi connectivity index (χ3n) is 7.64. The average Bonchev–Trinajstić information content (AvgIpc) is 3.02. The minimum absolute atomic E-state index is 0.00817. The number of carbonyl (C=O) groups excluding carboxylic acids is 3. The van der Waals surface area contributed by atoms with Crippen LogP contribution in [0.2, 0.25) is 0 Å². The predicted molar refractivity (Wildman–Crippen MR) is 189 cm³/mol. The Morgan fingerprint density at radius 3 is 1.84 bits per heavy atom. The van der Waals surface area contributed by atoms with Gasteiger partial charge in [-0.3, -0.25) is 4.79 Å². The molecule has 13 heteroatoms. The molecule has 278 valence electrons. The lowest BCUT2D eigenvalue weighted by Gasteiger charge is -2.29. The number of alkyl carbamates (subject to hydrolysis) is 2. The molecule has 50 heavy (non-hydrogen) atoms. The van der Waals surface area contributed by atoms with Crippen LogP contribution in [0.1, 0.15) is 59.1 Å². The molecule has 1 fully saturated rings. The van der Waals surface area contributed by atoms with Crippen molar-refractivity contribution in [1.29, 1.82) is 0 Å². The zero-order chi connectivity index (χ0) is 36.7. The van der Waals surface area contributed by atoms with Gasteiger partial charge in [-0.1, -0.05) is 42.5 Å². The summed E-state index contributed by atoms with van der Waals surface area (Å²) < 4.78 is 21.9. The van der Waals surface area contributed by atoms with Crippen molar-refractivity contribution in [1.82, 2.24) is 20.9 Å². The molecule has 0 bridgehead atoms. The van der Waals surface area contributed by atoms with E-state index in [-0.39, 0.29) is 25.6 Å². The van der Waals surface area contributed by atoms with E-state index in [2.05, 4.69) is 16.0 Å². The summed E-state index contributed by atoms with van der Waals surface area (Å²) in [5.74, 6) is 0.658. The second kappa shape index (κ2) is 19.5. The van der Waals surface area contributed by atoms with Gasteiger partial charge in [0.05, 0.1) is 37.5 Å². The molecule has 0 radical (unpaired) electrons. The second-order valence-corrected chi connectivity index (χ2v) is 14.5. The number of hydrogen-bond acceptors (Lipinski definition) is 10. The second-order valence-electron chi connectivity index (χ2n) is 14.5. The summed E-state index contributed by atoms with van der Waals surface area (Å²) in [6.07, 6.45) is -2.03. The number of ether oxygens (including phenoxy) is 4. The molecule has 2 aromatic carbocycles. The maximum absolute atomic E-state index is 12.7. The Bertz CT molecular complexity index is 1330. The quantitative estimate of drug-likeness (QED) is 0.155. The van der Waals surface area contributed by atoms with Crippen molar-refractivity contribution < 1.29 is 43.5 Å². The summed E-state index contributed by atoms with van der Waals surface area (Å²) in [4.78, 5) is 39.0. The summed E-state index contributed by atoms with van der Waals surface area (Å²) in [6.45, 7) is 13.0. The normalized spacial score (nSPS) is 16.2. The minimum atomic E-state index is -1.06. The molecule has 0 aromatic heterocycles. The van der Waals surface area contributed by atoms with Gasteiger partial charge in [0.1, 0.15) is 23.6 Å². The lowest BCUT2D eigenvalue weighted by molar-refractivity contribution is -0.142. The first-order valence-electron chi connectivity index (χ1n) is 17.2. The van der Waals surface area contributed by atoms with Crippen molar-refractivity contribution in [2.45, 2.75) is 96.3 Å². The molecule has 0 aliphatic carbocycles. The molecule has 0 unspecified atom stereocenters. The van der Waals surface area contributed by atoms with Gasteiger partial charge in [-0.2, -0.15) is 0 Å². The Morgan fingerprint density at radius 1 is 0.820 bits per heavy atom. The number of rotatable bonds is 17. The number of aliphatic hydroxyl groups excluding tert-OH is 2. The Kier molecular flexibility index (Phi) is 15.8. The van der Waals surface area contributed by atoms with E-state index in [9.17, 15) is 24.6 Å². The molecular weight excluding hydrogens is 644 g/mol. The third-order valence-corrected chi connectivity index (χ3v) is 7.64. The minimum Gasteiger partial charge on any atom is -0.494 e. The largest absolute Gasteiger partial charge is 0.494 e. The topological polar surface area (TPSA) is 168 Å². The van der Waals surface area contributed by atoms with Crippen molar-refractivity contribution in [3.05, 3.63) is 65.7 Å². The number of morpholine rings is 1. The van der Waals surface area contributed by atoms with Gasteiger partial charge >= 0.3 is 12.2 Å². The third kappa shape index (κ3) is 15.8. The molecule has 1 aliphatic heterocycles. The van der Waals surface area contributed by atoms with E-state index in [4.69, 9.17) is 18.9 Å². The first kappa shape index (κ1) is 40.5. The van der Waals surface area contributed by atoms with Crippen LogP contribution in [0.5, 0.6) is 5.75 Å². The Labute approximate surface area is 296 Å². The van der Waals surface area contributed by atoms with E-state index < -0.39 is 47.7 Å². The number of hydrogen-bond donors (Lipinski definition) is 5. The lowest BCUT2D eigenvalue weighted by Crippen LogP contribution is -2.53. The smallest absolute Gasteiger partial charge is 0.407 e. The Morgan fingerprint density at radius 2 is 1.34 bits per heavy atom. The highest BCUT2D eigenvalue weighted by molar-refractivity contribution is 5.77. The molecular formula is C37H56N4O9. The fraction of sp³-hybridized carbons (Fsp3) is 0.595. The van der Waals surface area contributed by atoms with Crippen LogP contribution < -0.4 is 20.7 Å². The highest BCUT2D eigenvalue weighted by Crippen LogP contribution is 2.16. The van der Waals surface area contributed by atoms with Crippen LogP contribution in [0.15, 0.2) is 54.6 Å². The molecule has 1 heterocycles. The first-order valence-corrected chi connectivity index (χ1v) is 17.2. The number of nitrogens with one attached hydrogen (secondary N) is 3. The van der Waals surface area contributed by atoms with Crippen molar-refractivity contribution in [2.24, 2.45) is 0 Å². The Balaban J connectivity index is 1.58. The summed E-state index contributed by atoms with van der Waals surface area (Å²) >= 11 is 0. The van der Waals surface area contributed by atoms with Gasteiger partial charge in [0.15, 0.2) is 0 Å². The van der Waals surface area contributed by atoms with Crippen LogP contribution in [0.4, 0.5) is 9.59 Å². The van der Waals surface area contributed by atoms with Crippen LogP contribution >= 0.6 is 0 Å².